The molecular weight excluding hydrogens is 474 g/mol. The molecule has 9 nitrogen and oxygen atoms in total. The first-order valence-electron chi connectivity index (χ1n) is 10.1. The quantitative estimate of drug-likeness (QED) is 0.387. The van der Waals surface area contributed by atoms with E-state index >= 15 is 0 Å². The van der Waals surface area contributed by atoms with Crippen LogP contribution in [0.15, 0.2) is 30.5 Å². The van der Waals surface area contributed by atoms with Crippen LogP contribution in [0.3, 0.4) is 0 Å². The van der Waals surface area contributed by atoms with Gasteiger partial charge in [0.25, 0.3) is 5.91 Å². The molecule has 3 amide bonds. The van der Waals surface area contributed by atoms with Crippen LogP contribution in [0.4, 0.5) is 19.3 Å². The maximum Gasteiger partial charge on any atom is 0.319 e. The standard InChI is InChI=1S/C22H19ClF2N4O5/c1-33-17-8-14-11(6-12(17)21(26)31)16(2-3-27-14)34-20-13(24)7-15(18(23)19(20)25)29-22(32)28-9-4-10(30)5-9/h2-3,6-10,30H,4-5H2,1H3,(H2,26,31)(H2,28,29,32). The molecule has 1 aromatic heterocycles. The summed E-state index contributed by atoms with van der Waals surface area (Å²) >= 11 is 6.02. The summed E-state index contributed by atoms with van der Waals surface area (Å²) in [6.07, 6.45) is 1.64. The predicted octanol–water partition coefficient (Wildman–Crippen LogP) is 3.71. The fourth-order valence-electron chi connectivity index (χ4n) is 3.52. The van der Waals surface area contributed by atoms with Crippen LogP contribution in [0.5, 0.6) is 17.2 Å². The highest BCUT2D eigenvalue weighted by Crippen LogP contribution is 2.39. The molecule has 2 aromatic carbocycles. The molecule has 3 aromatic rings. The fourth-order valence-corrected chi connectivity index (χ4v) is 3.71. The first-order chi connectivity index (χ1) is 16.2. The molecule has 0 unspecified atom stereocenters. The third-order valence-corrected chi connectivity index (χ3v) is 5.68. The third kappa shape index (κ3) is 4.52. The number of aliphatic hydroxyl groups is 1. The Morgan fingerprint density at radius 2 is 1.97 bits per heavy atom. The Labute approximate surface area is 196 Å². The van der Waals surface area contributed by atoms with Crippen molar-refractivity contribution in [2.45, 2.75) is 25.0 Å². The van der Waals surface area contributed by atoms with Gasteiger partial charge in [-0.3, -0.25) is 9.78 Å². The van der Waals surface area contributed by atoms with Gasteiger partial charge < -0.3 is 30.9 Å². The molecular formula is C22H19ClF2N4O5. The topological polar surface area (TPSA) is 136 Å². The van der Waals surface area contributed by atoms with Crippen molar-refractivity contribution in [2.75, 3.05) is 12.4 Å². The first kappa shape index (κ1) is 23.5. The summed E-state index contributed by atoms with van der Waals surface area (Å²) in [6, 6.07) is 3.98. The second-order valence-corrected chi connectivity index (χ2v) is 8.01. The van der Waals surface area contributed by atoms with Crippen molar-refractivity contribution in [3.05, 3.63) is 52.7 Å². The van der Waals surface area contributed by atoms with Gasteiger partial charge in [0.2, 0.25) is 0 Å². The van der Waals surface area contributed by atoms with E-state index in [0.717, 1.165) is 6.07 Å². The number of anilines is 1. The number of fused-ring (bicyclic) bond motifs is 1. The summed E-state index contributed by atoms with van der Waals surface area (Å²) in [6.45, 7) is 0. The molecule has 12 heteroatoms. The van der Waals surface area contributed by atoms with Crippen molar-refractivity contribution >= 4 is 40.1 Å². The van der Waals surface area contributed by atoms with E-state index in [2.05, 4.69) is 15.6 Å². The van der Waals surface area contributed by atoms with E-state index in [1.807, 2.05) is 0 Å². The van der Waals surface area contributed by atoms with Gasteiger partial charge in [-0.15, -0.1) is 0 Å². The minimum absolute atomic E-state index is 0.0222. The molecule has 1 fully saturated rings. The van der Waals surface area contributed by atoms with E-state index in [4.69, 9.17) is 26.8 Å². The SMILES string of the molecule is COc1cc2nccc(Oc3c(F)cc(NC(=O)NC4CC(O)C4)c(Cl)c3F)c2cc1C(N)=O. The van der Waals surface area contributed by atoms with Crippen LogP contribution < -0.4 is 25.8 Å². The van der Waals surface area contributed by atoms with Gasteiger partial charge >= 0.3 is 6.03 Å². The van der Waals surface area contributed by atoms with E-state index in [1.54, 1.807) is 0 Å². The van der Waals surface area contributed by atoms with Gasteiger partial charge in [-0.2, -0.15) is 0 Å². The molecule has 0 saturated heterocycles. The number of halogens is 3. The lowest BCUT2D eigenvalue weighted by molar-refractivity contribution is 0.0671. The van der Waals surface area contributed by atoms with Crippen molar-refractivity contribution in [1.82, 2.24) is 10.3 Å². The minimum Gasteiger partial charge on any atom is -0.496 e. The highest BCUT2D eigenvalue weighted by Gasteiger charge is 2.29. The number of nitrogens with two attached hydrogens (primary N) is 1. The number of ether oxygens (including phenoxy) is 2. The number of methoxy groups -OCH3 is 1. The number of pyridine rings is 1. The second-order valence-electron chi connectivity index (χ2n) is 7.63. The number of rotatable bonds is 6. The molecule has 1 aliphatic rings. The second kappa shape index (κ2) is 9.27. The van der Waals surface area contributed by atoms with Gasteiger partial charge in [-0.1, -0.05) is 11.6 Å². The molecule has 5 N–H and O–H groups in total. The molecule has 0 atom stereocenters. The van der Waals surface area contributed by atoms with Crippen molar-refractivity contribution in [3.8, 4) is 17.2 Å². The molecule has 0 spiro atoms. The van der Waals surface area contributed by atoms with E-state index in [9.17, 15) is 23.5 Å². The summed E-state index contributed by atoms with van der Waals surface area (Å²) in [5, 5.41) is 13.8. The number of carbonyl (C=O) groups excluding carboxylic acids is 2. The largest absolute Gasteiger partial charge is 0.496 e. The molecule has 1 heterocycles. The van der Waals surface area contributed by atoms with Gasteiger partial charge in [0.05, 0.1) is 30.0 Å². The Balaban J connectivity index is 1.64. The fraction of sp³-hybridized carbons (Fsp3) is 0.227. The summed E-state index contributed by atoms with van der Waals surface area (Å²) < 4.78 is 40.4. The van der Waals surface area contributed by atoms with Gasteiger partial charge in [0.15, 0.2) is 17.4 Å². The summed E-state index contributed by atoms with van der Waals surface area (Å²) in [5.41, 5.74) is 5.43. The van der Waals surface area contributed by atoms with Gasteiger partial charge in [0, 0.05) is 29.8 Å². The number of primary amides is 1. The number of aromatic nitrogens is 1. The van der Waals surface area contributed by atoms with E-state index in [-0.39, 0.29) is 34.2 Å². The number of carbonyl (C=O) groups is 2. The maximum atomic E-state index is 15.0. The van der Waals surface area contributed by atoms with E-state index in [1.165, 1.54) is 31.5 Å². The third-order valence-electron chi connectivity index (χ3n) is 5.31. The highest BCUT2D eigenvalue weighted by molar-refractivity contribution is 6.34. The maximum absolute atomic E-state index is 15.0. The van der Waals surface area contributed by atoms with Gasteiger partial charge in [0.1, 0.15) is 16.5 Å². The predicted molar refractivity (Wildman–Crippen MR) is 119 cm³/mol. The average molecular weight is 493 g/mol. The van der Waals surface area contributed by atoms with Crippen LogP contribution in [0, 0.1) is 11.6 Å². The van der Waals surface area contributed by atoms with Crippen molar-refractivity contribution in [2.24, 2.45) is 5.73 Å². The Bertz CT molecular complexity index is 1300. The van der Waals surface area contributed by atoms with Crippen LogP contribution in [0.25, 0.3) is 10.9 Å². The molecule has 0 radical (unpaired) electrons. The van der Waals surface area contributed by atoms with Crippen LogP contribution >= 0.6 is 11.6 Å². The zero-order valence-electron chi connectivity index (χ0n) is 17.7. The Hall–Kier alpha value is -3.70. The number of amides is 3. The lowest BCUT2D eigenvalue weighted by Gasteiger charge is -2.31. The normalized spacial score (nSPS) is 17.1. The number of hydrogen-bond acceptors (Lipinski definition) is 6. The van der Waals surface area contributed by atoms with Crippen LogP contribution in [0.2, 0.25) is 5.02 Å². The minimum atomic E-state index is -1.25. The van der Waals surface area contributed by atoms with Crippen LogP contribution in [-0.4, -0.2) is 41.3 Å². The Morgan fingerprint density at radius 1 is 1.24 bits per heavy atom. The zero-order valence-corrected chi connectivity index (χ0v) is 18.5. The number of nitrogens with one attached hydrogen (secondary N) is 2. The number of urea groups is 1. The summed E-state index contributed by atoms with van der Waals surface area (Å²) in [4.78, 5) is 28.0. The van der Waals surface area contributed by atoms with Crippen molar-refractivity contribution in [1.29, 1.82) is 0 Å². The number of nitrogens with zero attached hydrogens (tertiary/aromatic N) is 1. The lowest BCUT2D eigenvalue weighted by atomic mass is 9.90. The lowest BCUT2D eigenvalue weighted by Crippen LogP contribution is -2.48. The van der Waals surface area contributed by atoms with Crippen molar-refractivity contribution in [3.63, 3.8) is 0 Å². The van der Waals surface area contributed by atoms with Crippen LogP contribution in [-0.2, 0) is 0 Å². The molecule has 1 aliphatic carbocycles. The Kier molecular flexibility index (Phi) is 6.40. The molecule has 4 rings (SSSR count). The highest BCUT2D eigenvalue weighted by atomic mass is 35.5. The van der Waals surface area contributed by atoms with Gasteiger partial charge in [-0.05, 0) is 25.0 Å². The van der Waals surface area contributed by atoms with Gasteiger partial charge in [-0.25, -0.2) is 13.6 Å². The Morgan fingerprint density at radius 3 is 2.62 bits per heavy atom. The smallest absolute Gasteiger partial charge is 0.319 e. The van der Waals surface area contributed by atoms with E-state index < -0.39 is 40.4 Å². The summed E-state index contributed by atoms with van der Waals surface area (Å²) in [5.74, 6) is -3.82. The monoisotopic (exact) mass is 492 g/mol. The summed E-state index contributed by atoms with van der Waals surface area (Å²) in [7, 11) is 1.35. The molecule has 34 heavy (non-hydrogen) atoms. The molecule has 1 saturated carbocycles. The average Bonchev–Trinajstić information content (AvgIpc) is 2.78. The first-order valence-corrected chi connectivity index (χ1v) is 10.4. The molecule has 0 bridgehead atoms. The molecule has 178 valence electrons. The zero-order chi connectivity index (χ0) is 24.6. The van der Waals surface area contributed by atoms with Crippen LogP contribution in [0.1, 0.15) is 23.2 Å². The van der Waals surface area contributed by atoms with Crippen molar-refractivity contribution < 1.29 is 33.0 Å². The molecule has 0 aliphatic heterocycles. The number of hydrogen-bond donors (Lipinski definition) is 4. The number of benzene rings is 2. The van der Waals surface area contributed by atoms with E-state index in [0.29, 0.717) is 18.4 Å². The number of aliphatic hydroxyl groups excluding tert-OH is 1.